The Bertz CT molecular complexity index is 896. The van der Waals surface area contributed by atoms with Crippen LogP contribution in [0.1, 0.15) is 18.4 Å². The summed E-state index contributed by atoms with van der Waals surface area (Å²) in [6, 6.07) is 21.1. The predicted molar refractivity (Wildman–Crippen MR) is 105 cm³/mol. The van der Waals surface area contributed by atoms with E-state index >= 15 is 0 Å². The van der Waals surface area contributed by atoms with E-state index in [-0.39, 0.29) is 6.03 Å². The van der Waals surface area contributed by atoms with Gasteiger partial charge in [-0.25, -0.2) is 4.79 Å². The molecule has 1 fully saturated rings. The van der Waals surface area contributed by atoms with Crippen molar-refractivity contribution in [2.24, 2.45) is 0 Å². The highest BCUT2D eigenvalue weighted by molar-refractivity contribution is 5.90. The Kier molecular flexibility index (Phi) is 5.01. The van der Waals surface area contributed by atoms with E-state index in [4.69, 9.17) is 4.74 Å². The van der Waals surface area contributed by atoms with E-state index in [9.17, 15) is 4.79 Å². The molecule has 0 spiro atoms. The van der Waals surface area contributed by atoms with Gasteiger partial charge in [0, 0.05) is 36.7 Å². The second-order valence-electron chi connectivity index (χ2n) is 6.59. The number of hydrogen-bond acceptors (Lipinski definition) is 3. The number of aromatic nitrogens is 1. The van der Waals surface area contributed by atoms with Gasteiger partial charge in [0.15, 0.2) is 0 Å². The van der Waals surface area contributed by atoms with Crippen LogP contribution in [-0.4, -0.2) is 22.0 Å². The molecule has 2 aromatic carbocycles. The average molecular weight is 359 g/mol. The number of benzene rings is 2. The lowest BCUT2D eigenvalue weighted by atomic mass is 10.2. The zero-order chi connectivity index (χ0) is 18.5. The lowest BCUT2D eigenvalue weighted by Crippen LogP contribution is -2.36. The molecule has 0 unspecified atom stereocenters. The number of para-hydroxylation sites is 1. The first-order valence-electron chi connectivity index (χ1n) is 9.07. The maximum absolute atomic E-state index is 12.8. The van der Waals surface area contributed by atoms with Crippen LogP contribution < -0.4 is 10.1 Å². The molecule has 1 aliphatic carbocycles. The van der Waals surface area contributed by atoms with Crippen molar-refractivity contribution < 1.29 is 9.53 Å². The first-order chi connectivity index (χ1) is 13.3. The van der Waals surface area contributed by atoms with Gasteiger partial charge in [0.2, 0.25) is 0 Å². The average Bonchev–Trinajstić information content (AvgIpc) is 3.53. The number of nitrogens with zero attached hydrogens (tertiary/aromatic N) is 2. The van der Waals surface area contributed by atoms with E-state index < -0.39 is 0 Å². The van der Waals surface area contributed by atoms with Crippen LogP contribution in [0.5, 0.6) is 11.5 Å². The molecule has 136 valence electrons. The number of hydrogen-bond donors (Lipinski definition) is 1. The van der Waals surface area contributed by atoms with Gasteiger partial charge in [-0.3, -0.25) is 4.98 Å². The lowest BCUT2D eigenvalue weighted by Gasteiger charge is -2.23. The van der Waals surface area contributed by atoms with Gasteiger partial charge >= 0.3 is 6.03 Å². The SMILES string of the molecule is O=C(Nc1cccc(Oc2ccccc2)c1)N(Cc1ccncc1)C1CC1. The summed E-state index contributed by atoms with van der Waals surface area (Å²) < 4.78 is 5.84. The normalized spacial score (nSPS) is 13.0. The first kappa shape index (κ1) is 17.1. The van der Waals surface area contributed by atoms with Crippen LogP contribution in [0.3, 0.4) is 0 Å². The van der Waals surface area contributed by atoms with Crippen LogP contribution in [0, 0.1) is 0 Å². The molecule has 5 heteroatoms. The summed E-state index contributed by atoms with van der Waals surface area (Å²) in [6.45, 7) is 0.583. The van der Waals surface area contributed by atoms with Crippen molar-refractivity contribution in [2.45, 2.75) is 25.4 Å². The Hall–Kier alpha value is -3.34. The Labute approximate surface area is 158 Å². The maximum Gasteiger partial charge on any atom is 0.322 e. The van der Waals surface area contributed by atoms with Gasteiger partial charge in [-0.2, -0.15) is 0 Å². The number of ether oxygens (including phenoxy) is 1. The van der Waals surface area contributed by atoms with Gasteiger partial charge in [-0.05, 0) is 54.8 Å². The molecule has 0 radical (unpaired) electrons. The first-order valence-corrected chi connectivity index (χ1v) is 9.07. The van der Waals surface area contributed by atoms with Crippen LogP contribution in [0.15, 0.2) is 79.1 Å². The molecular formula is C22H21N3O2. The highest BCUT2D eigenvalue weighted by Gasteiger charge is 2.32. The molecule has 4 rings (SSSR count). The van der Waals surface area contributed by atoms with Crippen molar-refractivity contribution in [3.63, 3.8) is 0 Å². The molecule has 27 heavy (non-hydrogen) atoms. The van der Waals surface area contributed by atoms with Crippen molar-refractivity contribution in [2.75, 3.05) is 5.32 Å². The van der Waals surface area contributed by atoms with Gasteiger partial charge in [0.1, 0.15) is 11.5 Å². The standard InChI is InChI=1S/C22H21N3O2/c26-22(25(19-9-10-19)16-17-11-13-23-14-12-17)24-18-5-4-8-21(15-18)27-20-6-2-1-3-7-20/h1-8,11-15,19H,9-10,16H2,(H,24,26). The fourth-order valence-corrected chi connectivity index (χ4v) is 2.90. The van der Waals surface area contributed by atoms with E-state index in [2.05, 4.69) is 10.3 Å². The number of urea groups is 1. The molecular weight excluding hydrogens is 338 g/mol. The topological polar surface area (TPSA) is 54.5 Å². The van der Waals surface area contributed by atoms with Gasteiger partial charge < -0.3 is 15.0 Å². The van der Waals surface area contributed by atoms with Gasteiger partial charge in [0.25, 0.3) is 0 Å². The molecule has 1 saturated carbocycles. The molecule has 1 heterocycles. The van der Waals surface area contributed by atoms with E-state index in [1.165, 1.54) is 0 Å². The van der Waals surface area contributed by atoms with Gasteiger partial charge in [0.05, 0.1) is 0 Å². The van der Waals surface area contributed by atoms with Crippen molar-refractivity contribution in [1.29, 1.82) is 0 Å². The second-order valence-corrected chi connectivity index (χ2v) is 6.59. The summed E-state index contributed by atoms with van der Waals surface area (Å²) in [6.07, 6.45) is 5.61. The fourth-order valence-electron chi connectivity index (χ4n) is 2.90. The van der Waals surface area contributed by atoms with E-state index in [0.29, 0.717) is 24.0 Å². The summed E-state index contributed by atoms with van der Waals surface area (Å²) in [4.78, 5) is 18.8. The summed E-state index contributed by atoms with van der Waals surface area (Å²) in [7, 11) is 0. The van der Waals surface area contributed by atoms with Crippen LogP contribution in [0.2, 0.25) is 0 Å². The number of carbonyl (C=O) groups excluding carboxylic acids is 1. The Morgan fingerprint density at radius 3 is 2.48 bits per heavy atom. The monoisotopic (exact) mass is 359 g/mol. The molecule has 3 aromatic rings. The van der Waals surface area contributed by atoms with E-state index in [0.717, 1.165) is 24.2 Å². The van der Waals surface area contributed by atoms with Crippen molar-refractivity contribution in [3.8, 4) is 11.5 Å². The molecule has 0 saturated heterocycles. The molecule has 5 nitrogen and oxygen atoms in total. The quantitative estimate of drug-likeness (QED) is 0.668. The Balaban J connectivity index is 1.44. The Morgan fingerprint density at radius 1 is 1.00 bits per heavy atom. The van der Waals surface area contributed by atoms with Gasteiger partial charge in [-0.1, -0.05) is 24.3 Å². The molecule has 2 amide bonds. The number of amides is 2. The molecule has 1 aromatic heterocycles. The van der Waals surface area contributed by atoms with Crippen LogP contribution in [-0.2, 0) is 6.54 Å². The smallest absolute Gasteiger partial charge is 0.322 e. The number of carbonyl (C=O) groups is 1. The minimum Gasteiger partial charge on any atom is -0.457 e. The van der Waals surface area contributed by atoms with Crippen molar-refractivity contribution >= 4 is 11.7 Å². The highest BCUT2D eigenvalue weighted by Crippen LogP contribution is 2.30. The van der Waals surface area contributed by atoms with E-state index in [1.54, 1.807) is 12.4 Å². The van der Waals surface area contributed by atoms with E-state index in [1.807, 2.05) is 71.6 Å². The highest BCUT2D eigenvalue weighted by atomic mass is 16.5. The van der Waals surface area contributed by atoms with Crippen LogP contribution >= 0.6 is 0 Å². The minimum atomic E-state index is -0.0915. The third-order valence-electron chi connectivity index (χ3n) is 4.41. The van der Waals surface area contributed by atoms with Gasteiger partial charge in [-0.15, -0.1) is 0 Å². The summed E-state index contributed by atoms with van der Waals surface area (Å²) in [5, 5.41) is 3.00. The Morgan fingerprint density at radius 2 is 1.74 bits per heavy atom. The molecule has 0 atom stereocenters. The number of anilines is 1. The summed E-state index contributed by atoms with van der Waals surface area (Å²) in [5.74, 6) is 1.45. The molecule has 0 aliphatic heterocycles. The summed E-state index contributed by atoms with van der Waals surface area (Å²) in [5.41, 5.74) is 1.79. The van der Waals surface area contributed by atoms with Crippen molar-refractivity contribution in [1.82, 2.24) is 9.88 Å². The largest absolute Gasteiger partial charge is 0.457 e. The lowest BCUT2D eigenvalue weighted by molar-refractivity contribution is 0.206. The number of pyridine rings is 1. The summed E-state index contributed by atoms with van der Waals surface area (Å²) >= 11 is 0. The number of nitrogens with one attached hydrogen (secondary N) is 1. The molecule has 1 aliphatic rings. The third-order valence-corrected chi connectivity index (χ3v) is 4.41. The number of rotatable bonds is 6. The third kappa shape index (κ3) is 4.64. The fraction of sp³-hybridized carbons (Fsp3) is 0.182. The van der Waals surface area contributed by atoms with Crippen molar-refractivity contribution in [3.05, 3.63) is 84.7 Å². The predicted octanol–water partition coefficient (Wildman–Crippen LogP) is 5.07. The zero-order valence-corrected chi connectivity index (χ0v) is 14.9. The van der Waals surface area contributed by atoms with Crippen LogP contribution in [0.4, 0.5) is 10.5 Å². The maximum atomic E-state index is 12.8. The molecule has 0 bridgehead atoms. The molecule has 1 N–H and O–H groups in total. The second kappa shape index (κ2) is 7.91. The minimum absolute atomic E-state index is 0.0915. The zero-order valence-electron chi connectivity index (χ0n) is 14.9. The van der Waals surface area contributed by atoms with Crippen LogP contribution in [0.25, 0.3) is 0 Å².